The van der Waals surface area contributed by atoms with Crippen LogP contribution in [0.3, 0.4) is 0 Å². The fourth-order valence-electron chi connectivity index (χ4n) is 1.32. The van der Waals surface area contributed by atoms with Gasteiger partial charge >= 0.3 is 0 Å². The molecule has 2 amide bonds. The molecule has 1 aromatic rings. The topological polar surface area (TPSA) is 93.4 Å². The lowest BCUT2D eigenvalue weighted by Gasteiger charge is -2.08. The van der Waals surface area contributed by atoms with Gasteiger partial charge in [0.05, 0.1) is 13.2 Å². The van der Waals surface area contributed by atoms with E-state index in [-0.39, 0.29) is 12.5 Å². The first-order valence-electron chi connectivity index (χ1n) is 5.53. The average Bonchev–Trinajstić information content (AvgIpc) is 2.37. The number of nitrogens with one attached hydrogen (secondary N) is 2. The van der Waals surface area contributed by atoms with Crippen LogP contribution in [0, 0.1) is 0 Å². The van der Waals surface area contributed by atoms with E-state index in [1.165, 1.54) is 0 Å². The van der Waals surface area contributed by atoms with E-state index in [4.69, 9.17) is 10.5 Å². The Kier molecular flexibility index (Phi) is 5.66. The highest BCUT2D eigenvalue weighted by atomic mass is 16.5. The van der Waals surface area contributed by atoms with Crippen LogP contribution in [0.4, 0.5) is 5.69 Å². The fourth-order valence-corrected chi connectivity index (χ4v) is 1.32. The van der Waals surface area contributed by atoms with Crippen LogP contribution in [-0.2, 0) is 9.53 Å². The maximum atomic E-state index is 11.4. The molecule has 0 aliphatic rings. The maximum Gasteiger partial charge on any atom is 0.248 e. The summed E-state index contributed by atoms with van der Waals surface area (Å²) in [5, 5.41) is 5.58. The number of ether oxygens (including phenoxy) is 1. The number of anilines is 1. The molecule has 4 N–H and O–H groups in total. The van der Waals surface area contributed by atoms with Crippen molar-refractivity contribution >= 4 is 17.5 Å². The molecule has 6 heteroatoms. The molecular weight excluding hydrogens is 234 g/mol. The Morgan fingerprint density at radius 1 is 1.39 bits per heavy atom. The minimum absolute atomic E-state index is 0.131. The summed E-state index contributed by atoms with van der Waals surface area (Å²) in [6, 6.07) is 6.68. The highest BCUT2D eigenvalue weighted by Crippen LogP contribution is 2.09. The highest BCUT2D eigenvalue weighted by molar-refractivity contribution is 5.93. The summed E-state index contributed by atoms with van der Waals surface area (Å²) in [5.74, 6) is -0.639. The van der Waals surface area contributed by atoms with Gasteiger partial charge in [-0.2, -0.15) is 0 Å². The molecule has 18 heavy (non-hydrogen) atoms. The van der Waals surface area contributed by atoms with Gasteiger partial charge in [-0.3, -0.25) is 9.59 Å². The smallest absolute Gasteiger partial charge is 0.248 e. The molecule has 0 atom stereocenters. The molecule has 0 unspecified atom stereocenters. The van der Waals surface area contributed by atoms with Gasteiger partial charge in [-0.1, -0.05) is 6.07 Å². The van der Waals surface area contributed by atoms with E-state index in [9.17, 15) is 9.59 Å². The Morgan fingerprint density at radius 3 is 2.83 bits per heavy atom. The van der Waals surface area contributed by atoms with E-state index in [2.05, 4.69) is 10.6 Å². The van der Waals surface area contributed by atoms with E-state index in [0.717, 1.165) is 0 Å². The minimum Gasteiger partial charge on any atom is -0.383 e. The Morgan fingerprint density at radius 2 is 2.17 bits per heavy atom. The number of nitrogens with two attached hydrogens (primary N) is 1. The second kappa shape index (κ2) is 7.29. The van der Waals surface area contributed by atoms with E-state index in [0.29, 0.717) is 24.4 Å². The number of methoxy groups -OCH3 is 1. The lowest BCUT2D eigenvalue weighted by molar-refractivity contribution is -0.119. The monoisotopic (exact) mass is 251 g/mol. The number of benzene rings is 1. The van der Waals surface area contributed by atoms with Crippen molar-refractivity contribution < 1.29 is 14.3 Å². The maximum absolute atomic E-state index is 11.4. The Balaban J connectivity index is 2.41. The zero-order valence-electron chi connectivity index (χ0n) is 10.2. The van der Waals surface area contributed by atoms with Gasteiger partial charge in [0.2, 0.25) is 11.8 Å². The van der Waals surface area contributed by atoms with Crippen LogP contribution in [-0.4, -0.2) is 38.6 Å². The number of carbonyl (C=O) groups is 2. The molecule has 0 fully saturated rings. The number of amides is 2. The summed E-state index contributed by atoms with van der Waals surface area (Å²) in [6.07, 6.45) is 0. The number of hydrogen-bond donors (Lipinski definition) is 3. The van der Waals surface area contributed by atoms with Gasteiger partial charge < -0.3 is 21.1 Å². The summed E-state index contributed by atoms with van der Waals surface area (Å²) in [4.78, 5) is 22.4. The predicted molar refractivity (Wildman–Crippen MR) is 68.3 cm³/mol. The van der Waals surface area contributed by atoms with Crippen molar-refractivity contribution in [2.75, 3.05) is 32.1 Å². The summed E-state index contributed by atoms with van der Waals surface area (Å²) in [5.41, 5.74) is 6.24. The number of carbonyl (C=O) groups excluding carboxylic acids is 2. The molecule has 0 saturated carbocycles. The van der Waals surface area contributed by atoms with Gasteiger partial charge in [-0.15, -0.1) is 0 Å². The zero-order valence-corrected chi connectivity index (χ0v) is 10.2. The molecule has 0 heterocycles. The van der Waals surface area contributed by atoms with Crippen molar-refractivity contribution in [3.05, 3.63) is 29.8 Å². The van der Waals surface area contributed by atoms with Gasteiger partial charge in [-0.25, -0.2) is 0 Å². The SMILES string of the molecule is COCCNC(=O)CNc1cccc(C(N)=O)c1. The van der Waals surface area contributed by atoms with Crippen LogP contribution >= 0.6 is 0 Å². The number of primary amides is 1. The molecule has 98 valence electrons. The zero-order chi connectivity index (χ0) is 13.4. The van der Waals surface area contributed by atoms with Gasteiger partial charge in [0, 0.05) is 24.9 Å². The molecule has 0 radical (unpaired) electrons. The first-order chi connectivity index (χ1) is 8.63. The van der Waals surface area contributed by atoms with Crippen LogP contribution in [0.25, 0.3) is 0 Å². The normalized spacial score (nSPS) is 9.83. The van der Waals surface area contributed by atoms with Crippen molar-refractivity contribution in [1.82, 2.24) is 5.32 Å². The third-order valence-corrected chi connectivity index (χ3v) is 2.23. The van der Waals surface area contributed by atoms with Crippen LogP contribution in [0.2, 0.25) is 0 Å². The predicted octanol–water partition coefficient (Wildman–Crippen LogP) is -0.0400. The summed E-state index contributed by atoms with van der Waals surface area (Å²) < 4.78 is 4.81. The minimum atomic E-state index is -0.497. The van der Waals surface area contributed by atoms with E-state index < -0.39 is 5.91 Å². The largest absolute Gasteiger partial charge is 0.383 e. The molecule has 0 saturated heterocycles. The standard InChI is InChI=1S/C12H17N3O3/c1-18-6-5-14-11(16)8-15-10-4-2-3-9(7-10)12(13)17/h2-4,7,15H,5-6,8H2,1H3,(H2,13,17)(H,14,16). The Hall–Kier alpha value is -2.08. The van der Waals surface area contributed by atoms with Gasteiger partial charge in [0.15, 0.2) is 0 Å². The lowest BCUT2D eigenvalue weighted by atomic mass is 10.2. The first-order valence-corrected chi connectivity index (χ1v) is 5.53. The van der Waals surface area contributed by atoms with Crippen LogP contribution in [0.5, 0.6) is 0 Å². The van der Waals surface area contributed by atoms with Gasteiger partial charge in [-0.05, 0) is 18.2 Å². The van der Waals surface area contributed by atoms with Gasteiger partial charge in [0.25, 0.3) is 0 Å². The van der Waals surface area contributed by atoms with Crippen molar-refractivity contribution in [3.63, 3.8) is 0 Å². The van der Waals surface area contributed by atoms with E-state index in [1.54, 1.807) is 31.4 Å². The highest BCUT2D eigenvalue weighted by Gasteiger charge is 2.03. The molecule has 1 rings (SSSR count). The summed E-state index contributed by atoms with van der Waals surface area (Å²) >= 11 is 0. The second-order valence-corrected chi connectivity index (χ2v) is 3.64. The second-order valence-electron chi connectivity index (χ2n) is 3.64. The first kappa shape index (κ1) is 14.0. The number of hydrogen-bond acceptors (Lipinski definition) is 4. The molecule has 1 aromatic carbocycles. The number of rotatable bonds is 7. The van der Waals surface area contributed by atoms with E-state index >= 15 is 0 Å². The molecule has 0 spiro atoms. The lowest BCUT2D eigenvalue weighted by Crippen LogP contribution is -2.32. The third-order valence-electron chi connectivity index (χ3n) is 2.23. The molecule has 0 aliphatic carbocycles. The van der Waals surface area contributed by atoms with Crippen molar-refractivity contribution in [2.24, 2.45) is 5.73 Å². The molecular formula is C12H17N3O3. The summed E-state index contributed by atoms with van der Waals surface area (Å²) in [7, 11) is 1.57. The van der Waals surface area contributed by atoms with E-state index in [1.807, 2.05) is 0 Å². The molecule has 0 aliphatic heterocycles. The summed E-state index contributed by atoms with van der Waals surface area (Å²) in [6.45, 7) is 1.08. The van der Waals surface area contributed by atoms with Crippen LogP contribution in [0.15, 0.2) is 24.3 Å². The fraction of sp³-hybridized carbons (Fsp3) is 0.333. The van der Waals surface area contributed by atoms with Crippen molar-refractivity contribution in [3.8, 4) is 0 Å². The van der Waals surface area contributed by atoms with Crippen molar-refractivity contribution in [1.29, 1.82) is 0 Å². The van der Waals surface area contributed by atoms with Crippen molar-refractivity contribution in [2.45, 2.75) is 0 Å². The third kappa shape index (κ3) is 4.84. The average molecular weight is 251 g/mol. The Bertz CT molecular complexity index is 421. The van der Waals surface area contributed by atoms with Crippen LogP contribution in [0.1, 0.15) is 10.4 Å². The van der Waals surface area contributed by atoms with Gasteiger partial charge in [0.1, 0.15) is 0 Å². The molecule has 0 bridgehead atoms. The van der Waals surface area contributed by atoms with Crippen LogP contribution < -0.4 is 16.4 Å². The molecule has 0 aromatic heterocycles. The molecule has 6 nitrogen and oxygen atoms in total. The quantitative estimate of drug-likeness (QED) is 0.593. The Labute approximate surface area is 105 Å².